The van der Waals surface area contributed by atoms with Crippen molar-refractivity contribution in [2.45, 2.75) is 26.7 Å². The lowest BCUT2D eigenvalue weighted by Crippen LogP contribution is -2.24. The Morgan fingerprint density at radius 2 is 2.08 bits per heavy atom. The first-order valence-electron chi connectivity index (χ1n) is 7.76. The summed E-state index contributed by atoms with van der Waals surface area (Å²) in [5.74, 6) is 0.807. The van der Waals surface area contributed by atoms with Crippen molar-refractivity contribution in [1.29, 1.82) is 0 Å². The Hall–Kier alpha value is -2.33. The van der Waals surface area contributed by atoms with Gasteiger partial charge in [-0.05, 0) is 47.7 Å². The van der Waals surface area contributed by atoms with E-state index < -0.39 is 0 Å². The van der Waals surface area contributed by atoms with E-state index in [1.165, 1.54) is 11.8 Å². The number of hydrazone groups is 1. The molecule has 0 unspecified atom stereocenters. The molecule has 126 valence electrons. The maximum atomic E-state index is 11.8. The van der Waals surface area contributed by atoms with Gasteiger partial charge in [-0.3, -0.25) is 4.79 Å². The molecule has 2 aromatic carbocycles. The van der Waals surface area contributed by atoms with Gasteiger partial charge in [-0.25, -0.2) is 5.43 Å². The molecule has 0 aliphatic rings. The predicted molar refractivity (Wildman–Crippen MR) is 98.0 cm³/mol. The molecule has 0 saturated carbocycles. The summed E-state index contributed by atoms with van der Waals surface area (Å²) in [6, 6.07) is 13.2. The van der Waals surface area contributed by atoms with Crippen LogP contribution in [0.25, 0.3) is 0 Å². The number of carbonyl (C=O) groups excluding carboxylic acids is 1. The molecule has 2 aromatic rings. The highest BCUT2D eigenvalue weighted by atomic mass is 35.5. The largest absolute Gasteiger partial charge is 0.483 e. The smallest absolute Gasteiger partial charge is 0.277 e. The number of hydrogen-bond donors (Lipinski definition) is 1. The van der Waals surface area contributed by atoms with Gasteiger partial charge >= 0.3 is 0 Å². The third kappa shape index (κ3) is 5.39. The number of ether oxygens (including phenoxy) is 1. The number of halogens is 1. The van der Waals surface area contributed by atoms with Crippen molar-refractivity contribution in [1.82, 2.24) is 5.43 Å². The van der Waals surface area contributed by atoms with E-state index in [0.29, 0.717) is 10.9 Å². The summed E-state index contributed by atoms with van der Waals surface area (Å²) < 4.78 is 5.60. The number of aryl methyl sites for hydroxylation is 1. The van der Waals surface area contributed by atoms with Crippen LogP contribution in [0.3, 0.4) is 0 Å². The summed E-state index contributed by atoms with van der Waals surface area (Å²) in [4.78, 5) is 11.8. The van der Waals surface area contributed by atoms with Crippen molar-refractivity contribution in [3.8, 4) is 5.75 Å². The molecule has 0 aliphatic heterocycles. The van der Waals surface area contributed by atoms with Crippen LogP contribution in [0.2, 0.25) is 5.02 Å². The van der Waals surface area contributed by atoms with E-state index >= 15 is 0 Å². The van der Waals surface area contributed by atoms with Crippen molar-refractivity contribution in [3.63, 3.8) is 0 Å². The van der Waals surface area contributed by atoms with Crippen LogP contribution in [0.4, 0.5) is 0 Å². The highest BCUT2D eigenvalue weighted by Crippen LogP contribution is 2.24. The van der Waals surface area contributed by atoms with Gasteiger partial charge in [0, 0.05) is 5.02 Å². The zero-order chi connectivity index (χ0) is 17.5. The van der Waals surface area contributed by atoms with Crippen molar-refractivity contribution in [2.75, 3.05) is 6.61 Å². The first kappa shape index (κ1) is 18.0. The third-order valence-electron chi connectivity index (χ3n) is 3.49. The molecule has 4 nitrogen and oxygen atoms in total. The van der Waals surface area contributed by atoms with Crippen LogP contribution in [0, 0.1) is 6.92 Å². The van der Waals surface area contributed by atoms with Gasteiger partial charge in [-0.1, -0.05) is 49.7 Å². The number of nitrogens with zero attached hydrogens (tertiary/aromatic N) is 1. The number of carbonyl (C=O) groups is 1. The average molecular weight is 345 g/mol. The second-order valence-electron chi connectivity index (χ2n) is 5.82. The molecule has 0 bridgehead atoms. The molecule has 0 heterocycles. The van der Waals surface area contributed by atoms with Crippen LogP contribution in [0.15, 0.2) is 47.6 Å². The summed E-state index contributed by atoms with van der Waals surface area (Å²) in [7, 11) is 0. The Labute approximate surface area is 147 Å². The topological polar surface area (TPSA) is 50.7 Å². The Morgan fingerprint density at radius 3 is 2.79 bits per heavy atom. The molecule has 0 atom stereocenters. The van der Waals surface area contributed by atoms with Crippen LogP contribution in [0.1, 0.15) is 36.5 Å². The zero-order valence-corrected chi connectivity index (χ0v) is 14.8. The minimum atomic E-state index is -0.317. The Kier molecular flexibility index (Phi) is 6.38. The number of nitrogens with one attached hydrogen (secondary N) is 1. The van der Waals surface area contributed by atoms with Gasteiger partial charge in [0.25, 0.3) is 5.91 Å². The van der Waals surface area contributed by atoms with Gasteiger partial charge in [-0.2, -0.15) is 5.10 Å². The van der Waals surface area contributed by atoms with E-state index in [4.69, 9.17) is 16.3 Å². The first-order chi connectivity index (χ1) is 11.5. The van der Waals surface area contributed by atoms with Gasteiger partial charge in [0.1, 0.15) is 5.75 Å². The number of amides is 1. The van der Waals surface area contributed by atoms with Crippen molar-refractivity contribution in [3.05, 3.63) is 64.2 Å². The van der Waals surface area contributed by atoms with E-state index in [-0.39, 0.29) is 12.5 Å². The standard InChI is InChI=1S/C19H21ClN2O2/c1-13(2)16-8-7-14(3)18(10-16)24-12-19(23)22-21-11-15-5-4-6-17(20)9-15/h4-11,13H,12H2,1-3H3,(H,22,23)/b21-11-. The lowest BCUT2D eigenvalue weighted by molar-refractivity contribution is -0.123. The molecular formula is C19H21ClN2O2. The van der Waals surface area contributed by atoms with Crippen LogP contribution < -0.4 is 10.2 Å². The Morgan fingerprint density at radius 1 is 1.29 bits per heavy atom. The quantitative estimate of drug-likeness (QED) is 0.627. The van der Waals surface area contributed by atoms with Crippen LogP contribution in [0.5, 0.6) is 5.75 Å². The third-order valence-corrected chi connectivity index (χ3v) is 3.72. The zero-order valence-electron chi connectivity index (χ0n) is 14.0. The summed E-state index contributed by atoms with van der Waals surface area (Å²) in [6.45, 7) is 6.10. The molecule has 5 heteroatoms. The molecule has 1 amide bonds. The fourth-order valence-corrected chi connectivity index (χ4v) is 2.27. The lowest BCUT2D eigenvalue weighted by Gasteiger charge is -2.12. The van der Waals surface area contributed by atoms with Gasteiger partial charge in [0.05, 0.1) is 6.21 Å². The maximum Gasteiger partial charge on any atom is 0.277 e. The minimum absolute atomic E-state index is 0.0880. The monoisotopic (exact) mass is 344 g/mol. The fraction of sp³-hybridized carbons (Fsp3) is 0.263. The number of hydrogen-bond acceptors (Lipinski definition) is 3. The van der Waals surface area contributed by atoms with E-state index in [1.807, 2.05) is 31.2 Å². The molecule has 2 rings (SSSR count). The summed E-state index contributed by atoms with van der Waals surface area (Å²) in [5, 5.41) is 4.52. The van der Waals surface area contributed by atoms with E-state index in [1.54, 1.807) is 12.1 Å². The molecule has 1 N–H and O–H groups in total. The minimum Gasteiger partial charge on any atom is -0.483 e. The van der Waals surface area contributed by atoms with Gasteiger partial charge < -0.3 is 4.74 Å². The van der Waals surface area contributed by atoms with Crippen molar-refractivity contribution < 1.29 is 9.53 Å². The molecule has 0 aromatic heterocycles. The molecular weight excluding hydrogens is 324 g/mol. The highest BCUT2D eigenvalue weighted by Gasteiger charge is 2.07. The Balaban J connectivity index is 1.88. The van der Waals surface area contributed by atoms with Gasteiger partial charge in [-0.15, -0.1) is 0 Å². The average Bonchev–Trinajstić information content (AvgIpc) is 2.54. The highest BCUT2D eigenvalue weighted by molar-refractivity contribution is 6.30. The maximum absolute atomic E-state index is 11.8. The number of rotatable bonds is 6. The first-order valence-corrected chi connectivity index (χ1v) is 8.14. The Bertz CT molecular complexity index is 742. The SMILES string of the molecule is Cc1ccc(C(C)C)cc1OCC(=O)N/N=C\c1cccc(Cl)c1. The van der Waals surface area contributed by atoms with Crippen LogP contribution in [-0.4, -0.2) is 18.7 Å². The fourth-order valence-electron chi connectivity index (χ4n) is 2.07. The second kappa shape index (κ2) is 8.50. The van der Waals surface area contributed by atoms with Gasteiger partial charge in [0.2, 0.25) is 0 Å². The molecule has 24 heavy (non-hydrogen) atoms. The van der Waals surface area contributed by atoms with Gasteiger partial charge in [0.15, 0.2) is 6.61 Å². The van der Waals surface area contributed by atoms with Crippen LogP contribution >= 0.6 is 11.6 Å². The molecule has 0 aliphatic carbocycles. The molecule has 0 saturated heterocycles. The molecule has 0 radical (unpaired) electrons. The van der Waals surface area contributed by atoms with E-state index in [9.17, 15) is 4.79 Å². The molecule has 0 fully saturated rings. The summed E-state index contributed by atoms with van der Waals surface area (Å²) >= 11 is 5.88. The number of benzene rings is 2. The predicted octanol–water partition coefficient (Wildman–Crippen LogP) is 4.30. The summed E-state index contributed by atoms with van der Waals surface area (Å²) in [6.07, 6.45) is 1.54. The van der Waals surface area contributed by atoms with Crippen LogP contribution in [-0.2, 0) is 4.79 Å². The van der Waals surface area contributed by atoms with Crippen molar-refractivity contribution >= 4 is 23.7 Å². The second-order valence-corrected chi connectivity index (χ2v) is 6.25. The summed E-state index contributed by atoms with van der Waals surface area (Å²) in [5.41, 5.74) is 5.42. The normalized spacial score (nSPS) is 11.0. The molecule has 0 spiro atoms. The lowest BCUT2D eigenvalue weighted by atomic mass is 10.0. The van der Waals surface area contributed by atoms with Crippen molar-refractivity contribution in [2.24, 2.45) is 5.10 Å². The van der Waals surface area contributed by atoms with E-state index in [2.05, 4.69) is 30.4 Å². The van der Waals surface area contributed by atoms with E-state index in [0.717, 1.165) is 16.9 Å².